The summed E-state index contributed by atoms with van der Waals surface area (Å²) in [5.41, 5.74) is 10.6. The summed E-state index contributed by atoms with van der Waals surface area (Å²) in [7, 11) is 0. The Bertz CT molecular complexity index is 2890. The Labute approximate surface area is 451 Å². The van der Waals surface area contributed by atoms with Crippen molar-refractivity contribution in [3.8, 4) is 11.5 Å². The number of phenolic OH excluding ortho intramolecular Hbond substituents is 2. The number of nitrogens with zero attached hydrogens (tertiary/aromatic N) is 2. The first kappa shape index (κ1) is 52.5. The van der Waals surface area contributed by atoms with Gasteiger partial charge in [-0.15, -0.1) is 0 Å². The maximum atomic E-state index is 12.6. The monoisotopic (exact) mass is 1030 g/mol. The Balaban J connectivity index is 0.00000166. The number of aliphatic carboxylic acids is 1. The third kappa shape index (κ3) is 10.4. The number of aromatic hydroxyl groups is 2. The first-order chi connectivity index (χ1) is 36.0. The molecule has 8 aromatic carbocycles. The summed E-state index contributed by atoms with van der Waals surface area (Å²) >= 11 is 0.208. The normalized spacial score (nSPS) is 17.0. The van der Waals surface area contributed by atoms with Gasteiger partial charge in [0.1, 0.15) is 0 Å². The van der Waals surface area contributed by atoms with Crippen LogP contribution in [0.1, 0.15) is 141 Å². The molecular formula is C68H69MnN2O4+. The van der Waals surface area contributed by atoms with Crippen molar-refractivity contribution in [3.05, 3.63) is 273 Å². The summed E-state index contributed by atoms with van der Waals surface area (Å²) in [5.74, 6) is -0.437. The van der Waals surface area contributed by atoms with Gasteiger partial charge in [-0.3, -0.25) is 0 Å². The number of carbonyl (C=O) groups is 1. The van der Waals surface area contributed by atoms with Gasteiger partial charge in [0.2, 0.25) is 0 Å². The second-order valence-corrected chi connectivity index (χ2v) is 23.5. The van der Waals surface area contributed by atoms with E-state index in [9.17, 15) is 10.2 Å². The van der Waals surface area contributed by atoms with Gasteiger partial charge in [0.25, 0.3) is 0 Å². The van der Waals surface area contributed by atoms with Crippen LogP contribution in [0.25, 0.3) is 0 Å². The summed E-state index contributed by atoms with van der Waals surface area (Å²) in [6.07, 6.45) is 8.91. The van der Waals surface area contributed by atoms with E-state index in [1.807, 2.05) is 0 Å². The van der Waals surface area contributed by atoms with Gasteiger partial charge in [-0.05, 0) is 6.92 Å². The van der Waals surface area contributed by atoms with Crippen molar-refractivity contribution in [2.45, 2.75) is 108 Å². The van der Waals surface area contributed by atoms with E-state index in [4.69, 9.17) is 9.90 Å². The van der Waals surface area contributed by atoms with Gasteiger partial charge >= 0.3 is 431 Å². The molecule has 0 radical (unpaired) electrons. The van der Waals surface area contributed by atoms with Crippen LogP contribution in [0.3, 0.4) is 0 Å². The van der Waals surface area contributed by atoms with Crippen LogP contribution in [0.15, 0.2) is 206 Å². The maximum absolute atomic E-state index is 12.6. The molecule has 0 aromatic heterocycles. The first-order valence-electron chi connectivity index (χ1n) is 26.2. The van der Waals surface area contributed by atoms with Crippen molar-refractivity contribution in [2.24, 2.45) is 0 Å². The zero-order valence-corrected chi connectivity index (χ0v) is 45.4. The molecule has 0 bridgehead atoms. The van der Waals surface area contributed by atoms with E-state index in [1.54, 1.807) is 0 Å². The number of phenols is 2. The zero-order valence-electron chi connectivity index (χ0n) is 44.3. The molecule has 1 aliphatic heterocycles. The second-order valence-electron chi connectivity index (χ2n) is 22.1. The Morgan fingerprint density at radius 1 is 0.453 bits per heavy atom. The topological polar surface area (TPSA) is 86.6 Å². The van der Waals surface area contributed by atoms with Crippen LogP contribution in [0.5, 0.6) is 11.5 Å². The van der Waals surface area contributed by atoms with Crippen LogP contribution < -0.4 is 5.11 Å². The summed E-state index contributed by atoms with van der Waals surface area (Å²) < 4.78 is 5.02. The minimum atomic E-state index is -1.08. The van der Waals surface area contributed by atoms with Gasteiger partial charge in [-0.1, -0.05) is 0 Å². The van der Waals surface area contributed by atoms with Gasteiger partial charge < -0.3 is 9.90 Å². The van der Waals surface area contributed by atoms with Crippen molar-refractivity contribution in [1.29, 1.82) is 0 Å². The molecule has 381 valence electrons. The molecule has 0 amide bonds. The first-order valence-corrected chi connectivity index (χ1v) is 27.3. The van der Waals surface area contributed by atoms with E-state index in [0.29, 0.717) is 11.5 Å². The molecule has 2 aliphatic rings. The number of benzene rings is 8. The van der Waals surface area contributed by atoms with Crippen LogP contribution in [0, 0.1) is 0 Å². The summed E-state index contributed by atoms with van der Waals surface area (Å²) in [6, 6.07) is 74.6. The van der Waals surface area contributed by atoms with Crippen molar-refractivity contribution in [1.82, 2.24) is 0 Å². The number of hydrogen-bond acceptors (Lipinski definition) is 4. The van der Waals surface area contributed by atoms with Crippen molar-refractivity contribution in [2.75, 3.05) is 0 Å². The second kappa shape index (κ2) is 21.9. The molecule has 2 unspecified atom stereocenters. The predicted octanol–water partition coefficient (Wildman–Crippen LogP) is 13.0. The molecule has 2 N–H and O–H groups in total. The third-order valence-corrected chi connectivity index (χ3v) is 16.7. The molecule has 2 atom stereocenters. The predicted molar refractivity (Wildman–Crippen MR) is 298 cm³/mol. The summed E-state index contributed by atoms with van der Waals surface area (Å²) in [6.45, 7) is 14.2. The fourth-order valence-electron chi connectivity index (χ4n) is 11.6. The van der Waals surface area contributed by atoms with Crippen LogP contribution in [-0.4, -0.2) is 47.9 Å². The quantitative estimate of drug-likeness (QED) is 0.106. The van der Waals surface area contributed by atoms with Gasteiger partial charge in [0.05, 0.1) is 0 Å². The number of hydrogen-bond donors (Lipinski definition) is 2. The zero-order chi connectivity index (χ0) is 53.0. The Morgan fingerprint density at radius 2 is 0.693 bits per heavy atom. The summed E-state index contributed by atoms with van der Waals surface area (Å²) in [4.78, 5) is 8.89. The van der Waals surface area contributed by atoms with Crippen LogP contribution >= 0.6 is 0 Å². The van der Waals surface area contributed by atoms with Gasteiger partial charge in [0, 0.05) is 5.97 Å². The van der Waals surface area contributed by atoms with Crippen molar-refractivity contribution in [3.63, 3.8) is 0 Å². The standard InChI is InChI=1S/C66H66N2O2.C2H4O2.Mn/c1-63(2,3)57-43-55(65(49-27-13-7-14-28-49,50-29-15-8-16-30-50)51-31-17-9-18-32-51)41-47(61(57)69)45-67-59-39-25-26-40-60(59)68-46-48-42-56(44-58(62(48)70)64(4,5)6)66(52-33-19-10-20-34-52,53-35-21-11-22-36-53)54-37-23-12-24-38-54;1-2(3)4;/h7-24,27-38,41-46,59-60,69-70H,25-26,39-40H2,1-6H3;1H3,(H,3,4);/q;;+2/p-1. The number of carboxylic acids is 1. The molecule has 0 spiro atoms. The van der Waals surface area contributed by atoms with Crippen LogP contribution in [-0.2, 0) is 41.8 Å². The van der Waals surface area contributed by atoms with Gasteiger partial charge in [-0.25, -0.2) is 0 Å². The van der Waals surface area contributed by atoms with Crippen molar-refractivity contribution >= 4 is 18.4 Å². The molecule has 1 heterocycles. The Kier molecular flexibility index (Phi) is 15.3. The number of fused-ring (bicyclic) bond motifs is 1. The molecule has 1 saturated heterocycles. The Morgan fingerprint density at radius 3 is 0.920 bits per heavy atom. The molecule has 1 aliphatic carbocycles. The van der Waals surface area contributed by atoms with Crippen LogP contribution in [0.2, 0.25) is 0 Å². The average Bonchev–Trinajstić information content (AvgIpc) is 3.79. The third-order valence-electron chi connectivity index (χ3n) is 15.0. The van der Waals surface area contributed by atoms with E-state index in [-0.39, 0.29) is 38.3 Å². The van der Waals surface area contributed by atoms with Gasteiger partial charge in [-0.2, -0.15) is 0 Å². The summed E-state index contributed by atoms with van der Waals surface area (Å²) in [5, 5.41) is 34.1. The van der Waals surface area contributed by atoms with Crippen LogP contribution in [0.4, 0.5) is 0 Å². The van der Waals surface area contributed by atoms with Gasteiger partial charge in [0.15, 0.2) is 0 Å². The van der Waals surface area contributed by atoms with E-state index in [2.05, 4.69) is 267 Å². The molecule has 8 aromatic rings. The van der Waals surface area contributed by atoms with E-state index in [1.165, 1.54) is 0 Å². The number of rotatable bonds is 10. The van der Waals surface area contributed by atoms with E-state index >= 15 is 0 Å². The molecule has 75 heavy (non-hydrogen) atoms. The number of carboxylic acid groups (broad SMARTS) is 1. The molecule has 10 rings (SSSR count). The fourth-order valence-corrected chi connectivity index (χ4v) is 13.4. The SMILES string of the molecule is CC(=O)[O-].CC(C)(C)c1cc(C(c2ccccc2)(c2ccccc2)c2ccccc2)cc(C=[N+]2[Mn][N+](=Cc3cc(C(c4ccccc4)(c4ccccc4)c4ccccc4)cc(C(C)(C)C)c3O)C3CCCCC32)c1O. The van der Waals surface area contributed by atoms with Crippen molar-refractivity contribution < 1.29 is 42.7 Å². The number of carbonyl (C=O) groups excluding carboxylic acids is 1. The molecule has 2 fully saturated rings. The Hall–Kier alpha value is -7.31. The average molecular weight is 1030 g/mol. The molecule has 7 heteroatoms. The molecule has 1 saturated carbocycles. The molecule has 6 nitrogen and oxygen atoms in total. The fraction of sp³-hybridized carbons (Fsp3) is 0.250. The van der Waals surface area contributed by atoms with E-state index in [0.717, 1.165) is 99.4 Å². The van der Waals surface area contributed by atoms with E-state index < -0.39 is 16.8 Å². The molecular weight excluding hydrogens is 964 g/mol. The minimum absolute atomic E-state index is 0.208.